The Labute approximate surface area is 121 Å². The molecule has 0 spiro atoms. The predicted molar refractivity (Wildman–Crippen MR) is 81.3 cm³/mol. The Morgan fingerprint density at radius 3 is 1.89 bits per heavy atom. The molecular formula is C16H18Se2. The Morgan fingerprint density at radius 2 is 1.28 bits per heavy atom. The van der Waals surface area contributed by atoms with Crippen LogP contribution >= 0.6 is 0 Å². The first kappa shape index (κ1) is 13.9. The van der Waals surface area contributed by atoms with Crippen molar-refractivity contribution in [2.45, 2.75) is 24.5 Å². The van der Waals surface area contributed by atoms with E-state index in [9.17, 15) is 0 Å². The van der Waals surface area contributed by atoms with E-state index in [0.29, 0.717) is 0 Å². The SMILES string of the molecule is Cc1cc(C)cc(C[Se][Se]Cc2ccccc2)c1. The zero-order chi connectivity index (χ0) is 12.8. The minimum atomic E-state index is 0.781. The van der Waals surface area contributed by atoms with Crippen LogP contribution in [0.4, 0.5) is 0 Å². The van der Waals surface area contributed by atoms with Gasteiger partial charge in [0.2, 0.25) is 0 Å². The van der Waals surface area contributed by atoms with Crippen LogP contribution in [-0.4, -0.2) is 26.3 Å². The average Bonchev–Trinajstić information content (AvgIpc) is 2.35. The topological polar surface area (TPSA) is 0 Å². The Hall–Kier alpha value is -0.521. The molecule has 2 rings (SSSR count). The normalized spacial score (nSPS) is 10.6. The first-order valence-corrected chi connectivity index (χ1v) is 12.8. The van der Waals surface area contributed by atoms with Gasteiger partial charge in [-0.25, -0.2) is 0 Å². The van der Waals surface area contributed by atoms with Crippen molar-refractivity contribution >= 4 is 26.3 Å². The summed E-state index contributed by atoms with van der Waals surface area (Å²) in [5, 5.41) is 2.58. The summed E-state index contributed by atoms with van der Waals surface area (Å²) in [6, 6.07) is 17.8. The van der Waals surface area contributed by atoms with Gasteiger partial charge in [-0.3, -0.25) is 0 Å². The van der Waals surface area contributed by atoms with Gasteiger partial charge in [0.15, 0.2) is 0 Å². The van der Waals surface area contributed by atoms with Crippen molar-refractivity contribution in [3.05, 3.63) is 70.8 Å². The van der Waals surface area contributed by atoms with Crippen molar-refractivity contribution < 1.29 is 0 Å². The number of hydrogen-bond acceptors (Lipinski definition) is 0. The van der Waals surface area contributed by atoms with Crippen molar-refractivity contribution in [2.75, 3.05) is 0 Å². The third-order valence-electron chi connectivity index (χ3n) is 2.66. The van der Waals surface area contributed by atoms with Gasteiger partial charge in [-0.2, -0.15) is 0 Å². The van der Waals surface area contributed by atoms with E-state index in [1.807, 2.05) is 0 Å². The van der Waals surface area contributed by atoms with Crippen LogP contribution in [0.25, 0.3) is 0 Å². The van der Waals surface area contributed by atoms with Gasteiger partial charge < -0.3 is 0 Å². The molecule has 0 aromatic heterocycles. The van der Waals surface area contributed by atoms with Gasteiger partial charge in [-0.1, -0.05) is 0 Å². The fourth-order valence-electron chi connectivity index (χ4n) is 1.95. The van der Waals surface area contributed by atoms with Crippen molar-refractivity contribution in [3.63, 3.8) is 0 Å². The third kappa shape index (κ3) is 4.63. The third-order valence-corrected chi connectivity index (χ3v) is 9.29. The summed E-state index contributed by atoms with van der Waals surface area (Å²) >= 11 is 1.56. The quantitative estimate of drug-likeness (QED) is 0.561. The van der Waals surface area contributed by atoms with Gasteiger partial charge in [0.1, 0.15) is 0 Å². The van der Waals surface area contributed by atoms with Crippen LogP contribution in [-0.2, 0) is 10.6 Å². The maximum absolute atomic E-state index is 2.34. The number of aryl methyl sites for hydroxylation is 2. The van der Waals surface area contributed by atoms with Crippen LogP contribution in [0.15, 0.2) is 48.5 Å². The summed E-state index contributed by atoms with van der Waals surface area (Å²) in [7, 11) is 0. The average molecular weight is 368 g/mol. The first-order valence-electron chi connectivity index (χ1n) is 6.09. The maximum atomic E-state index is 2.34. The molecule has 0 N–H and O–H groups in total. The number of benzene rings is 2. The molecule has 0 saturated heterocycles. The Morgan fingerprint density at radius 1 is 0.722 bits per heavy atom. The molecule has 18 heavy (non-hydrogen) atoms. The molecule has 0 fully saturated rings. The van der Waals surface area contributed by atoms with E-state index in [4.69, 9.17) is 0 Å². The molecule has 0 unspecified atom stereocenters. The molecule has 2 heteroatoms. The summed E-state index contributed by atoms with van der Waals surface area (Å²) in [5.74, 6) is 0. The van der Waals surface area contributed by atoms with E-state index >= 15 is 0 Å². The van der Waals surface area contributed by atoms with Crippen LogP contribution in [0, 0.1) is 13.8 Å². The second-order valence-electron chi connectivity index (χ2n) is 4.51. The zero-order valence-electron chi connectivity index (χ0n) is 10.8. The summed E-state index contributed by atoms with van der Waals surface area (Å²) in [6.45, 7) is 4.39. The molecule has 2 aromatic rings. The molecule has 2 aromatic carbocycles. The van der Waals surface area contributed by atoms with Crippen LogP contribution in [0.5, 0.6) is 0 Å². The second-order valence-corrected chi connectivity index (χ2v) is 11.8. The minimum absolute atomic E-state index is 0.781. The van der Waals surface area contributed by atoms with Crippen LogP contribution < -0.4 is 0 Å². The molecule has 94 valence electrons. The van der Waals surface area contributed by atoms with Gasteiger partial charge in [-0.05, 0) is 0 Å². The zero-order valence-corrected chi connectivity index (χ0v) is 14.3. The van der Waals surface area contributed by atoms with Crippen LogP contribution in [0.2, 0.25) is 0 Å². The summed E-state index contributed by atoms with van der Waals surface area (Å²) in [4.78, 5) is 0. The van der Waals surface area contributed by atoms with Crippen molar-refractivity contribution in [1.82, 2.24) is 0 Å². The summed E-state index contributed by atoms with van der Waals surface area (Å²) < 4.78 is 0. The van der Waals surface area contributed by atoms with Gasteiger partial charge in [0, 0.05) is 0 Å². The van der Waals surface area contributed by atoms with E-state index < -0.39 is 0 Å². The van der Waals surface area contributed by atoms with Crippen molar-refractivity contribution in [1.29, 1.82) is 0 Å². The number of rotatable bonds is 5. The van der Waals surface area contributed by atoms with Gasteiger partial charge >= 0.3 is 122 Å². The fraction of sp³-hybridized carbons (Fsp3) is 0.250. The molecule has 0 heterocycles. The molecule has 0 radical (unpaired) electrons. The van der Waals surface area contributed by atoms with Gasteiger partial charge in [0.05, 0.1) is 0 Å². The van der Waals surface area contributed by atoms with E-state index in [2.05, 4.69) is 62.4 Å². The summed E-state index contributed by atoms with van der Waals surface area (Å²) in [6.07, 6.45) is 0. The monoisotopic (exact) mass is 370 g/mol. The van der Waals surface area contributed by atoms with E-state index in [-0.39, 0.29) is 0 Å². The van der Waals surface area contributed by atoms with E-state index in [1.165, 1.54) is 32.9 Å². The molecule has 0 aliphatic heterocycles. The molecule has 0 aliphatic rings. The second kappa shape index (κ2) is 7.16. The molecule has 0 amide bonds. The Bertz CT molecular complexity index is 471. The number of hydrogen-bond donors (Lipinski definition) is 0. The van der Waals surface area contributed by atoms with Crippen LogP contribution in [0.1, 0.15) is 22.3 Å². The van der Waals surface area contributed by atoms with Crippen LogP contribution in [0.3, 0.4) is 0 Å². The Kier molecular flexibility index (Phi) is 5.53. The molecular weight excluding hydrogens is 350 g/mol. The molecule has 0 nitrogen and oxygen atoms in total. The van der Waals surface area contributed by atoms with Gasteiger partial charge in [-0.15, -0.1) is 0 Å². The molecule has 0 saturated carbocycles. The first-order chi connectivity index (χ1) is 8.74. The molecule has 0 aliphatic carbocycles. The van der Waals surface area contributed by atoms with Gasteiger partial charge in [0.25, 0.3) is 0 Å². The van der Waals surface area contributed by atoms with Crippen molar-refractivity contribution in [3.8, 4) is 0 Å². The Balaban J connectivity index is 1.78. The molecule has 0 bridgehead atoms. The fourth-order valence-corrected chi connectivity index (χ4v) is 8.40. The van der Waals surface area contributed by atoms with E-state index in [0.717, 1.165) is 26.3 Å². The standard InChI is InChI=1S/C16H18Se2/c1-13-8-14(2)10-16(9-13)12-18-17-11-15-6-4-3-5-7-15/h3-10H,11-12H2,1-2H3. The molecule has 0 atom stereocenters. The summed E-state index contributed by atoms with van der Waals surface area (Å²) in [5.41, 5.74) is 5.83. The van der Waals surface area contributed by atoms with E-state index in [1.54, 1.807) is 0 Å². The predicted octanol–water partition coefficient (Wildman–Crippen LogP) is 3.33. The van der Waals surface area contributed by atoms with Crippen molar-refractivity contribution in [2.24, 2.45) is 0 Å².